The summed E-state index contributed by atoms with van der Waals surface area (Å²) in [6.07, 6.45) is 5.42. The van der Waals surface area contributed by atoms with Crippen molar-refractivity contribution in [3.05, 3.63) is 0 Å². The molecule has 4 unspecified atom stereocenters. The molecule has 3 rings (SSSR count). The fourth-order valence-corrected chi connectivity index (χ4v) is 2.75. The third kappa shape index (κ3) is 1.00. The summed E-state index contributed by atoms with van der Waals surface area (Å²) in [6, 6.07) is 0. The Kier molecular flexibility index (Phi) is 1.29. The van der Waals surface area contributed by atoms with E-state index in [0.717, 1.165) is 11.8 Å². The van der Waals surface area contributed by atoms with Gasteiger partial charge >= 0.3 is 0 Å². The molecule has 2 aliphatic heterocycles. The zero-order chi connectivity index (χ0) is 7.26. The van der Waals surface area contributed by atoms with Crippen LogP contribution in [0.3, 0.4) is 0 Å². The van der Waals surface area contributed by atoms with Gasteiger partial charge in [0, 0.05) is 0 Å². The van der Waals surface area contributed by atoms with Crippen molar-refractivity contribution < 1.29 is 4.74 Å². The van der Waals surface area contributed by atoms with E-state index >= 15 is 0 Å². The van der Waals surface area contributed by atoms with Crippen molar-refractivity contribution in [1.29, 1.82) is 0 Å². The molecule has 2 heteroatoms. The summed E-state index contributed by atoms with van der Waals surface area (Å²) in [6.45, 7) is 2.48. The number of fused-ring (bicyclic) bond motifs is 2. The highest BCUT2D eigenvalue weighted by Gasteiger charge is 2.48. The van der Waals surface area contributed by atoms with Gasteiger partial charge in [-0.3, -0.25) is 0 Å². The largest absolute Gasteiger partial charge is 0.370 e. The second-order valence-corrected chi connectivity index (χ2v) is 4.20. The van der Waals surface area contributed by atoms with Crippen LogP contribution in [0.15, 0.2) is 0 Å². The molecular formula is C9H15NO. The van der Waals surface area contributed by atoms with Gasteiger partial charge in [0.05, 0.1) is 12.2 Å². The van der Waals surface area contributed by atoms with Gasteiger partial charge in [0.1, 0.15) is 0 Å². The van der Waals surface area contributed by atoms with Gasteiger partial charge in [0.25, 0.3) is 0 Å². The second kappa shape index (κ2) is 2.20. The zero-order valence-corrected chi connectivity index (χ0v) is 6.75. The maximum Gasteiger partial charge on any atom is 0.0845 e. The first-order chi connectivity index (χ1) is 5.43. The molecule has 2 heterocycles. The molecule has 0 amide bonds. The first-order valence-corrected chi connectivity index (χ1v) is 4.79. The van der Waals surface area contributed by atoms with Crippen LogP contribution in [0.2, 0.25) is 0 Å². The monoisotopic (exact) mass is 153 g/mol. The Morgan fingerprint density at radius 1 is 1.09 bits per heavy atom. The fraction of sp³-hybridized carbons (Fsp3) is 1.00. The number of nitrogens with one attached hydrogen (secondary N) is 1. The van der Waals surface area contributed by atoms with E-state index < -0.39 is 0 Å². The van der Waals surface area contributed by atoms with E-state index in [-0.39, 0.29) is 0 Å². The highest BCUT2D eigenvalue weighted by molar-refractivity contribution is 4.97. The van der Waals surface area contributed by atoms with Crippen LogP contribution in [-0.4, -0.2) is 25.3 Å². The van der Waals surface area contributed by atoms with E-state index in [2.05, 4.69) is 5.32 Å². The molecule has 62 valence electrons. The number of piperidine rings is 1. The molecule has 0 aromatic carbocycles. The number of epoxide rings is 1. The van der Waals surface area contributed by atoms with Gasteiger partial charge in [0.15, 0.2) is 0 Å². The lowest BCUT2D eigenvalue weighted by atomic mass is 9.76. The Morgan fingerprint density at radius 3 is 2.82 bits per heavy atom. The molecule has 4 atom stereocenters. The minimum atomic E-state index is 0.663. The van der Waals surface area contributed by atoms with Crippen LogP contribution in [0, 0.1) is 11.8 Å². The van der Waals surface area contributed by atoms with Crippen LogP contribution >= 0.6 is 0 Å². The van der Waals surface area contributed by atoms with E-state index in [1.54, 1.807) is 0 Å². The van der Waals surface area contributed by atoms with Crippen molar-refractivity contribution in [2.45, 2.75) is 31.5 Å². The lowest BCUT2D eigenvalue weighted by Crippen LogP contribution is -2.40. The summed E-state index contributed by atoms with van der Waals surface area (Å²) >= 11 is 0. The average molecular weight is 153 g/mol. The molecule has 11 heavy (non-hydrogen) atoms. The number of hydrogen-bond acceptors (Lipinski definition) is 2. The van der Waals surface area contributed by atoms with Crippen molar-refractivity contribution in [1.82, 2.24) is 5.32 Å². The quantitative estimate of drug-likeness (QED) is 0.520. The Morgan fingerprint density at radius 2 is 1.91 bits per heavy atom. The summed E-state index contributed by atoms with van der Waals surface area (Å²) in [5.74, 6) is 1.92. The van der Waals surface area contributed by atoms with E-state index in [0.29, 0.717) is 12.2 Å². The Balaban J connectivity index is 1.73. The molecule has 1 saturated carbocycles. The Hall–Kier alpha value is -0.0800. The van der Waals surface area contributed by atoms with Crippen molar-refractivity contribution in [3.63, 3.8) is 0 Å². The Labute approximate surface area is 67.3 Å². The minimum absolute atomic E-state index is 0.663. The van der Waals surface area contributed by atoms with Crippen LogP contribution in [0.1, 0.15) is 19.3 Å². The van der Waals surface area contributed by atoms with Crippen molar-refractivity contribution in [2.75, 3.05) is 13.1 Å². The van der Waals surface area contributed by atoms with Gasteiger partial charge in [-0.15, -0.1) is 0 Å². The first kappa shape index (κ1) is 6.44. The molecule has 1 N–H and O–H groups in total. The molecule has 2 nitrogen and oxygen atoms in total. The molecule has 3 fully saturated rings. The molecule has 0 bridgehead atoms. The predicted octanol–water partition coefficient (Wildman–Crippen LogP) is 0.773. The normalized spacial score (nSPS) is 54.5. The van der Waals surface area contributed by atoms with Crippen molar-refractivity contribution in [2.24, 2.45) is 11.8 Å². The lowest BCUT2D eigenvalue weighted by molar-refractivity contribution is 0.205. The average Bonchev–Trinajstić information content (AvgIpc) is 2.77. The van der Waals surface area contributed by atoms with Crippen LogP contribution in [0.4, 0.5) is 0 Å². The summed E-state index contributed by atoms with van der Waals surface area (Å²) in [7, 11) is 0. The smallest absolute Gasteiger partial charge is 0.0845 e. The zero-order valence-electron chi connectivity index (χ0n) is 6.75. The standard InChI is InChI=1S/C9H15NO/c1-2-10-5-7-4-9-8(11-9)3-6(1)7/h6-10H,1-5H2. The molecule has 0 aromatic rings. The predicted molar refractivity (Wildman–Crippen MR) is 42.4 cm³/mol. The van der Waals surface area contributed by atoms with Crippen LogP contribution in [0.5, 0.6) is 0 Å². The maximum absolute atomic E-state index is 5.54. The van der Waals surface area contributed by atoms with Crippen LogP contribution < -0.4 is 5.32 Å². The minimum Gasteiger partial charge on any atom is -0.370 e. The Bertz CT molecular complexity index is 153. The summed E-state index contributed by atoms with van der Waals surface area (Å²) in [5.41, 5.74) is 0. The topological polar surface area (TPSA) is 24.6 Å². The van der Waals surface area contributed by atoms with Gasteiger partial charge in [0.2, 0.25) is 0 Å². The molecule has 1 aliphatic carbocycles. The molecule has 3 aliphatic rings. The molecule has 0 aromatic heterocycles. The van der Waals surface area contributed by atoms with E-state index in [1.165, 1.54) is 32.4 Å². The van der Waals surface area contributed by atoms with Gasteiger partial charge in [-0.2, -0.15) is 0 Å². The number of rotatable bonds is 0. The second-order valence-electron chi connectivity index (χ2n) is 4.20. The first-order valence-electron chi connectivity index (χ1n) is 4.79. The molecule has 2 saturated heterocycles. The van der Waals surface area contributed by atoms with Crippen molar-refractivity contribution >= 4 is 0 Å². The third-order valence-corrected chi connectivity index (χ3v) is 3.52. The summed E-state index contributed by atoms with van der Waals surface area (Å²) in [4.78, 5) is 0. The fourth-order valence-electron chi connectivity index (χ4n) is 2.75. The molecule has 0 radical (unpaired) electrons. The van der Waals surface area contributed by atoms with Gasteiger partial charge in [-0.1, -0.05) is 0 Å². The molecule has 0 spiro atoms. The lowest BCUT2D eigenvalue weighted by Gasteiger charge is -2.33. The van der Waals surface area contributed by atoms with Gasteiger partial charge in [-0.05, 0) is 44.2 Å². The van der Waals surface area contributed by atoms with Crippen molar-refractivity contribution in [3.8, 4) is 0 Å². The maximum atomic E-state index is 5.54. The highest BCUT2D eigenvalue weighted by atomic mass is 16.6. The van der Waals surface area contributed by atoms with Crippen LogP contribution in [0.25, 0.3) is 0 Å². The van der Waals surface area contributed by atoms with E-state index in [1.807, 2.05) is 0 Å². The number of hydrogen-bond donors (Lipinski definition) is 1. The number of ether oxygens (including phenoxy) is 1. The van der Waals surface area contributed by atoms with Crippen LogP contribution in [-0.2, 0) is 4.74 Å². The van der Waals surface area contributed by atoms with Gasteiger partial charge < -0.3 is 10.1 Å². The summed E-state index contributed by atoms with van der Waals surface area (Å²) in [5, 5.41) is 3.47. The highest BCUT2D eigenvalue weighted by Crippen LogP contribution is 2.44. The van der Waals surface area contributed by atoms with E-state index in [4.69, 9.17) is 4.74 Å². The van der Waals surface area contributed by atoms with Gasteiger partial charge in [-0.25, -0.2) is 0 Å². The summed E-state index contributed by atoms with van der Waals surface area (Å²) < 4.78 is 5.54. The third-order valence-electron chi connectivity index (χ3n) is 3.52. The molecular weight excluding hydrogens is 138 g/mol. The SMILES string of the molecule is C1CC2CC3OC3CC2CN1. The van der Waals surface area contributed by atoms with E-state index in [9.17, 15) is 0 Å².